The average Bonchev–Trinajstić information content (AvgIpc) is 2.46. The summed E-state index contributed by atoms with van der Waals surface area (Å²) in [5, 5.41) is 3.93. The van der Waals surface area contributed by atoms with Gasteiger partial charge in [0.05, 0.1) is 29.6 Å². The second-order valence-electron chi connectivity index (χ2n) is 4.65. The van der Waals surface area contributed by atoms with E-state index in [1.54, 1.807) is 0 Å². The van der Waals surface area contributed by atoms with Gasteiger partial charge in [0.1, 0.15) is 0 Å². The maximum atomic E-state index is 12.2. The van der Waals surface area contributed by atoms with Crippen molar-refractivity contribution in [1.82, 2.24) is 0 Å². The molecule has 0 aliphatic heterocycles. The Labute approximate surface area is 121 Å². The number of hydrogen-bond donors (Lipinski definition) is 1. The summed E-state index contributed by atoms with van der Waals surface area (Å²) in [6.07, 6.45) is 2.32. The van der Waals surface area contributed by atoms with Gasteiger partial charge in [-0.2, -0.15) is 0 Å². The molecule has 112 valence electrons. The summed E-state index contributed by atoms with van der Waals surface area (Å²) < 4.78 is 37.8. The Hall–Kier alpha value is -1.10. The van der Waals surface area contributed by atoms with Crippen LogP contribution in [0.3, 0.4) is 0 Å². The number of carboxylic acid groups (broad SMARTS) is 1. The number of aliphatic carboxylic acids is 1. The van der Waals surface area contributed by atoms with Crippen LogP contribution >= 0.6 is 0 Å². The lowest BCUT2D eigenvalue weighted by Crippen LogP contribution is -2.36. The van der Waals surface area contributed by atoms with Crippen LogP contribution in [-0.2, 0) is 19.1 Å². The van der Waals surface area contributed by atoms with E-state index in [0.717, 1.165) is 12.8 Å². The molecule has 0 saturated heterocycles. The van der Waals surface area contributed by atoms with Gasteiger partial charge in [-0.15, -0.1) is 0 Å². The predicted octanol–water partition coefficient (Wildman–Crippen LogP) is 2.34. The third-order valence-corrected chi connectivity index (χ3v) is 3.29. The fraction of sp³-hybridized carbons (Fsp3) is 0.857. The monoisotopic (exact) mass is 278 g/mol. The van der Waals surface area contributed by atoms with Gasteiger partial charge in [0.15, 0.2) is 0 Å². The zero-order valence-corrected chi connectivity index (χ0v) is 11.8. The largest absolute Gasteiger partial charge is 0.481 e. The molecule has 19 heavy (non-hydrogen) atoms. The van der Waals surface area contributed by atoms with Crippen LogP contribution in [-0.4, -0.2) is 37.3 Å². The number of hydrogen-bond acceptors (Lipinski definition) is 5. The summed E-state index contributed by atoms with van der Waals surface area (Å²) in [5.41, 5.74) is 0. The molecule has 0 aromatic rings. The maximum Gasteiger partial charge on any atom is 0.309 e. The van der Waals surface area contributed by atoms with E-state index < -0.39 is 36.7 Å². The highest BCUT2D eigenvalue weighted by Crippen LogP contribution is 2.26. The van der Waals surface area contributed by atoms with Crippen molar-refractivity contribution in [3.8, 4) is 0 Å². The van der Waals surface area contributed by atoms with Crippen LogP contribution in [0.4, 0.5) is 0 Å². The Bertz CT molecular complexity index is 373. The zero-order valence-electron chi connectivity index (χ0n) is 15.8. The first-order valence-corrected chi connectivity index (χ1v) is 6.65. The Morgan fingerprint density at radius 1 is 1.42 bits per heavy atom. The minimum absolute atomic E-state index is 0.201. The molecule has 0 fully saturated rings. The van der Waals surface area contributed by atoms with E-state index in [-0.39, 0.29) is 6.61 Å². The lowest BCUT2D eigenvalue weighted by atomic mass is 9.81. The van der Waals surface area contributed by atoms with E-state index in [1.165, 1.54) is 6.92 Å². The number of carbonyl (C=O) groups excluding carboxylic acids is 1. The summed E-state index contributed by atoms with van der Waals surface area (Å²) in [7, 11) is -2.89. The fourth-order valence-corrected chi connectivity index (χ4v) is 1.98. The summed E-state index contributed by atoms with van der Waals surface area (Å²) in [4.78, 5) is 23.8. The molecule has 1 N–H and O–H groups in total. The van der Waals surface area contributed by atoms with Crippen molar-refractivity contribution in [2.24, 2.45) is 17.8 Å². The van der Waals surface area contributed by atoms with Crippen molar-refractivity contribution in [1.29, 1.82) is 1.43 Å². The molecule has 3 unspecified atom stereocenters. The summed E-state index contributed by atoms with van der Waals surface area (Å²) >= 11 is 0. The summed E-state index contributed by atoms with van der Waals surface area (Å²) in [5.74, 6) is -4.36. The van der Waals surface area contributed by atoms with Gasteiger partial charge in [-0.25, -0.2) is 0 Å². The second kappa shape index (κ2) is 9.78. The van der Waals surface area contributed by atoms with Gasteiger partial charge in [-0.1, -0.05) is 33.6 Å². The lowest BCUT2D eigenvalue weighted by molar-refractivity contribution is -0.158. The van der Waals surface area contributed by atoms with Crippen molar-refractivity contribution < 1.29 is 28.3 Å². The third-order valence-electron chi connectivity index (χ3n) is 3.29. The van der Waals surface area contributed by atoms with E-state index in [0.29, 0.717) is 13.0 Å². The van der Waals surface area contributed by atoms with Crippen molar-refractivity contribution in [3.05, 3.63) is 0 Å². The first kappa shape index (κ1) is 11.7. The quantitative estimate of drug-likeness (QED) is 0.490. The number of methoxy groups -OCH3 is 1. The van der Waals surface area contributed by atoms with E-state index in [4.69, 9.17) is 10.3 Å². The predicted molar refractivity (Wildman–Crippen MR) is 71.8 cm³/mol. The molecule has 0 bridgehead atoms. The van der Waals surface area contributed by atoms with Gasteiger partial charge in [0.25, 0.3) is 1.43 Å². The fourth-order valence-electron chi connectivity index (χ4n) is 1.98. The topological polar surface area (TPSA) is 72.8 Å². The number of unbranched alkanes of at least 4 members (excludes halogenated alkanes) is 1. The third kappa shape index (κ3) is 6.05. The number of carbonyl (C=O) groups is 2. The van der Waals surface area contributed by atoms with Crippen molar-refractivity contribution >= 4 is 11.9 Å². The second-order valence-corrected chi connectivity index (χ2v) is 4.65. The molecule has 0 saturated carbocycles. The van der Waals surface area contributed by atoms with Crippen LogP contribution in [0.5, 0.6) is 0 Å². The number of carboxylic acids is 1. The van der Waals surface area contributed by atoms with Gasteiger partial charge in [0.2, 0.25) is 0 Å². The maximum absolute atomic E-state index is 12.2. The molecule has 5 nitrogen and oxygen atoms in total. The minimum atomic E-state index is -2.89. The van der Waals surface area contributed by atoms with Crippen LogP contribution < -0.4 is 0 Å². The molecule has 0 spiro atoms. The van der Waals surface area contributed by atoms with Crippen LogP contribution in [0, 0.1) is 17.8 Å². The van der Waals surface area contributed by atoms with Gasteiger partial charge in [-0.05, 0) is 12.3 Å². The molecule has 0 aliphatic carbocycles. The summed E-state index contributed by atoms with van der Waals surface area (Å²) in [6.45, 7) is 5.96. The van der Waals surface area contributed by atoms with Crippen LogP contribution in [0.15, 0.2) is 0 Å². The first-order valence-electron chi connectivity index (χ1n) is 8.56. The lowest BCUT2D eigenvalue weighted by Gasteiger charge is -2.26. The van der Waals surface area contributed by atoms with Crippen LogP contribution in [0.25, 0.3) is 1.43 Å². The van der Waals surface area contributed by atoms with E-state index in [2.05, 4.69) is 9.85 Å². The first-order chi connectivity index (χ1) is 10.7. The normalized spacial score (nSPS) is 19.1. The SMILES string of the molecule is [2H]OC(=O)C(C)C(C(=O)OC([2H])([2H])[2H])C(CC)COCCCC. The van der Waals surface area contributed by atoms with Crippen LogP contribution in [0.2, 0.25) is 0 Å². The minimum Gasteiger partial charge on any atom is -0.481 e. The molecule has 5 heteroatoms. The molecule has 3 atom stereocenters. The van der Waals surface area contributed by atoms with Crippen molar-refractivity contribution in [3.63, 3.8) is 0 Å². The standard InChI is InChI=1S/C14H26O5/c1-5-7-8-19-9-11(6-2)12(14(17)18-4)10(3)13(15)16/h10-12H,5-9H2,1-4H3,(H,15,16)/i4D3/hD. The van der Waals surface area contributed by atoms with Gasteiger partial charge in [0, 0.05) is 6.61 Å². The molecule has 0 heterocycles. The highest BCUT2D eigenvalue weighted by atomic mass is 16.5. The summed E-state index contributed by atoms with van der Waals surface area (Å²) in [6, 6.07) is 0. The Balaban J connectivity index is 5.12. The van der Waals surface area contributed by atoms with Crippen molar-refractivity contribution in [2.45, 2.75) is 40.0 Å². The Morgan fingerprint density at radius 2 is 2.16 bits per heavy atom. The Morgan fingerprint density at radius 3 is 2.68 bits per heavy atom. The molecule has 0 aromatic heterocycles. The average molecular weight is 278 g/mol. The van der Waals surface area contributed by atoms with Crippen molar-refractivity contribution in [2.75, 3.05) is 20.3 Å². The van der Waals surface area contributed by atoms with Gasteiger partial charge >= 0.3 is 11.9 Å². The smallest absolute Gasteiger partial charge is 0.309 e. The number of esters is 1. The zero-order chi connectivity index (χ0) is 18.0. The number of rotatable bonds is 10. The van der Waals surface area contributed by atoms with E-state index in [9.17, 15) is 9.59 Å². The van der Waals surface area contributed by atoms with Crippen LogP contribution in [0.1, 0.15) is 44.1 Å². The van der Waals surface area contributed by atoms with E-state index in [1.807, 2.05) is 13.8 Å². The van der Waals surface area contributed by atoms with E-state index >= 15 is 0 Å². The molecule has 0 aromatic carbocycles. The Kier molecular flexibility index (Phi) is 6.03. The molecular formula is C14H26O5. The highest BCUT2D eigenvalue weighted by molar-refractivity contribution is 5.81. The number of ether oxygens (including phenoxy) is 2. The van der Waals surface area contributed by atoms with Gasteiger partial charge < -0.3 is 14.6 Å². The molecule has 0 amide bonds. The molecular weight excluding hydrogens is 248 g/mol. The van der Waals surface area contributed by atoms with Gasteiger partial charge in [-0.3, -0.25) is 9.59 Å². The molecule has 0 rings (SSSR count). The molecule has 0 aliphatic rings. The molecule has 0 radical (unpaired) electrons. The highest BCUT2D eigenvalue weighted by Gasteiger charge is 2.36.